The summed E-state index contributed by atoms with van der Waals surface area (Å²) in [6.45, 7) is 5.97. The fraction of sp³-hybridized carbons (Fsp3) is 0.579. The van der Waals surface area contributed by atoms with Crippen LogP contribution in [0.15, 0.2) is 18.2 Å². The Kier molecular flexibility index (Phi) is 6.48. The predicted molar refractivity (Wildman–Crippen MR) is 102 cm³/mol. The number of nitrogens with one attached hydrogen (secondary N) is 2. The number of carbonyl (C=O) groups is 2. The third-order valence-corrected chi connectivity index (χ3v) is 4.97. The zero-order valence-corrected chi connectivity index (χ0v) is 17.2. The van der Waals surface area contributed by atoms with E-state index in [0.717, 1.165) is 13.3 Å². The van der Waals surface area contributed by atoms with Crippen LogP contribution >= 0.6 is 0 Å². The van der Waals surface area contributed by atoms with Crippen LogP contribution in [0.2, 0.25) is 5.31 Å². The van der Waals surface area contributed by atoms with E-state index in [1.807, 2.05) is 0 Å². The molecule has 0 aromatic heterocycles. The van der Waals surface area contributed by atoms with Gasteiger partial charge < -0.3 is 20.5 Å². The topological polar surface area (TPSA) is 78.4 Å². The highest BCUT2D eigenvalue weighted by atomic mass is 19.4. The van der Waals surface area contributed by atoms with Crippen molar-refractivity contribution in [1.82, 2.24) is 5.32 Å². The van der Waals surface area contributed by atoms with Crippen molar-refractivity contribution in [2.24, 2.45) is 0 Å². The molecule has 31 heavy (non-hydrogen) atoms. The molecular formula is C19H22BF6N2O3. The Morgan fingerprint density at radius 2 is 1.68 bits per heavy atom. The monoisotopic (exact) mass is 451 g/mol. The molecule has 2 bridgehead atoms. The number of benzene rings is 1. The Labute approximate surface area is 175 Å². The van der Waals surface area contributed by atoms with Crippen LogP contribution in [-0.4, -0.2) is 48.5 Å². The highest BCUT2D eigenvalue weighted by Gasteiger charge is 2.76. The minimum Gasteiger partial charge on any atom is -0.383 e. The first kappa shape index (κ1) is 25.0. The van der Waals surface area contributed by atoms with Crippen LogP contribution in [0.4, 0.5) is 36.8 Å². The van der Waals surface area contributed by atoms with E-state index >= 15 is 0 Å². The summed E-state index contributed by atoms with van der Waals surface area (Å²) < 4.78 is 82.3. The Balaban J connectivity index is 2.61. The summed E-state index contributed by atoms with van der Waals surface area (Å²) in [5.74, 6) is -3.64. The first-order valence-corrected chi connectivity index (χ1v) is 9.33. The van der Waals surface area contributed by atoms with Crippen molar-refractivity contribution in [1.29, 1.82) is 0 Å². The van der Waals surface area contributed by atoms with Crippen molar-refractivity contribution >= 4 is 25.1 Å². The largest absolute Gasteiger partial charge is 0.426 e. The fourth-order valence-corrected chi connectivity index (χ4v) is 3.56. The van der Waals surface area contributed by atoms with Crippen LogP contribution in [0.3, 0.4) is 0 Å². The fourth-order valence-electron chi connectivity index (χ4n) is 3.56. The third-order valence-electron chi connectivity index (χ3n) is 4.97. The lowest BCUT2D eigenvalue weighted by Gasteiger charge is -2.40. The van der Waals surface area contributed by atoms with Gasteiger partial charge in [0, 0.05) is 17.0 Å². The second kappa shape index (κ2) is 8.03. The number of aliphatic hydroxyl groups is 1. The zero-order chi connectivity index (χ0) is 24.0. The number of hydrogen-bond donors (Lipinski definition) is 3. The molecule has 0 aliphatic heterocycles. The van der Waals surface area contributed by atoms with E-state index < -0.39 is 46.6 Å². The van der Waals surface area contributed by atoms with Gasteiger partial charge in [0.05, 0.1) is 12.0 Å². The van der Waals surface area contributed by atoms with E-state index in [2.05, 4.69) is 10.6 Å². The highest BCUT2D eigenvalue weighted by molar-refractivity contribution is 6.77. The smallest absolute Gasteiger partial charge is 0.383 e. The maximum Gasteiger partial charge on any atom is 0.426 e. The minimum absolute atomic E-state index is 0.0235. The summed E-state index contributed by atoms with van der Waals surface area (Å²) in [7, 11) is 0.853. The van der Waals surface area contributed by atoms with Gasteiger partial charge in [0.1, 0.15) is 6.29 Å². The van der Waals surface area contributed by atoms with Gasteiger partial charge in [0.2, 0.25) is 7.28 Å². The van der Waals surface area contributed by atoms with Gasteiger partial charge in [-0.25, -0.2) is 0 Å². The number of alkyl halides is 6. The first-order chi connectivity index (χ1) is 13.9. The molecule has 1 aromatic carbocycles. The van der Waals surface area contributed by atoms with Gasteiger partial charge in [-0.1, -0.05) is 26.0 Å². The summed E-state index contributed by atoms with van der Waals surface area (Å²) in [6, 6.07) is 1.50. The molecule has 1 amide bonds. The average molecular weight is 451 g/mol. The maximum atomic E-state index is 13.7. The van der Waals surface area contributed by atoms with Crippen molar-refractivity contribution in [3.8, 4) is 0 Å². The molecule has 0 spiro atoms. The molecule has 0 saturated carbocycles. The predicted octanol–water partition coefficient (Wildman–Crippen LogP) is 4.31. The van der Waals surface area contributed by atoms with Gasteiger partial charge in [-0.2, -0.15) is 26.3 Å². The quantitative estimate of drug-likeness (QED) is 0.328. The third kappa shape index (κ3) is 4.68. The molecule has 12 heteroatoms. The van der Waals surface area contributed by atoms with E-state index in [-0.39, 0.29) is 17.3 Å². The standard InChI is InChI=1S/C19H22BF6N2O3/c1-9(2)27-12-6-5-10-7-11(12)13(17(31,18(21,22)23)19(24,25)26)14(10)28-15(30)20-16(3,4)8-29/h5-9,13-14,27,31H,1-4H3,(H,28,30). The van der Waals surface area contributed by atoms with E-state index in [1.165, 1.54) is 26.0 Å². The number of carbonyl (C=O) groups excluding carboxylic acids is 2. The molecule has 1 aliphatic carbocycles. The summed E-state index contributed by atoms with van der Waals surface area (Å²) in [5.41, 5.74) is -5.62. The van der Waals surface area contributed by atoms with Gasteiger partial charge >= 0.3 is 12.4 Å². The van der Waals surface area contributed by atoms with Gasteiger partial charge in [0.15, 0.2) is 5.81 Å². The van der Waals surface area contributed by atoms with Crippen LogP contribution in [0.1, 0.15) is 50.8 Å². The molecular weight excluding hydrogens is 429 g/mol. The van der Waals surface area contributed by atoms with E-state index in [1.54, 1.807) is 13.8 Å². The van der Waals surface area contributed by atoms with Crippen LogP contribution in [0.5, 0.6) is 0 Å². The number of hydrogen-bond acceptors (Lipinski definition) is 4. The Bertz CT molecular complexity index is 840. The van der Waals surface area contributed by atoms with Crippen molar-refractivity contribution in [3.63, 3.8) is 0 Å². The van der Waals surface area contributed by atoms with Crippen molar-refractivity contribution < 1.29 is 41.0 Å². The van der Waals surface area contributed by atoms with Crippen LogP contribution < -0.4 is 10.6 Å². The van der Waals surface area contributed by atoms with E-state index in [0.29, 0.717) is 6.29 Å². The second-order valence-electron chi connectivity index (χ2n) is 8.46. The van der Waals surface area contributed by atoms with Gasteiger partial charge in [-0.3, -0.25) is 4.79 Å². The highest BCUT2D eigenvalue weighted by Crippen LogP contribution is 2.58. The molecule has 1 radical (unpaired) electrons. The molecule has 0 heterocycles. The number of aldehydes is 1. The Morgan fingerprint density at radius 3 is 2.13 bits per heavy atom. The lowest BCUT2D eigenvalue weighted by Crippen LogP contribution is -2.62. The summed E-state index contributed by atoms with van der Waals surface area (Å²) in [4.78, 5) is 23.4. The van der Waals surface area contributed by atoms with Crippen molar-refractivity contribution in [2.45, 2.75) is 69.0 Å². The summed E-state index contributed by atoms with van der Waals surface area (Å²) >= 11 is 0. The lowest BCUT2D eigenvalue weighted by atomic mass is 9.54. The maximum absolute atomic E-state index is 13.7. The zero-order valence-electron chi connectivity index (χ0n) is 17.2. The number of rotatable bonds is 7. The van der Waals surface area contributed by atoms with Crippen LogP contribution in [0.25, 0.3) is 0 Å². The number of anilines is 1. The molecule has 0 saturated heterocycles. The number of halogens is 6. The normalized spacial score (nSPS) is 19.4. The van der Waals surface area contributed by atoms with E-state index in [9.17, 15) is 41.0 Å². The molecule has 3 N–H and O–H groups in total. The van der Waals surface area contributed by atoms with Crippen LogP contribution in [0, 0.1) is 0 Å². The molecule has 171 valence electrons. The lowest BCUT2D eigenvalue weighted by molar-refractivity contribution is -0.377. The van der Waals surface area contributed by atoms with E-state index in [4.69, 9.17) is 0 Å². The van der Waals surface area contributed by atoms with Gasteiger partial charge in [-0.05, 0) is 31.0 Å². The first-order valence-electron chi connectivity index (χ1n) is 9.33. The van der Waals surface area contributed by atoms with Gasteiger partial charge in [0.25, 0.3) is 5.60 Å². The molecule has 0 fully saturated rings. The molecule has 1 aliphatic rings. The Morgan fingerprint density at radius 1 is 1.13 bits per heavy atom. The Hall–Kier alpha value is -2.24. The van der Waals surface area contributed by atoms with Crippen molar-refractivity contribution in [2.75, 3.05) is 5.32 Å². The molecule has 1 aromatic rings. The number of fused-ring (bicyclic) bond motifs is 2. The average Bonchev–Trinajstić information content (AvgIpc) is 2.87. The second-order valence-corrected chi connectivity index (χ2v) is 8.46. The van der Waals surface area contributed by atoms with Crippen LogP contribution in [-0.2, 0) is 4.79 Å². The molecule has 2 rings (SSSR count). The molecule has 5 nitrogen and oxygen atoms in total. The summed E-state index contributed by atoms with van der Waals surface area (Å²) in [5, 5.41) is 13.7. The molecule has 2 atom stereocenters. The van der Waals surface area contributed by atoms with Crippen molar-refractivity contribution in [3.05, 3.63) is 29.3 Å². The van der Waals surface area contributed by atoms with Gasteiger partial charge in [-0.15, -0.1) is 0 Å². The molecule has 2 unspecified atom stereocenters. The minimum atomic E-state index is -6.09. The SMILES string of the molecule is CC(C)Nc1ccc2cc1C(C(O)(C(F)(F)F)C(F)(F)F)C2NC(=O)[B]C(C)(C)C=O. The summed E-state index contributed by atoms with van der Waals surface area (Å²) in [6.07, 6.45) is -11.8. The number of amides is 1.